The van der Waals surface area contributed by atoms with E-state index < -0.39 is 11.7 Å². The molecular weight excluding hydrogens is 413 g/mol. The summed E-state index contributed by atoms with van der Waals surface area (Å²) in [6, 6.07) is 6.83. The predicted molar refractivity (Wildman–Crippen MR) is 116 cm³/mol. The Morgan fingerprint density at radius 2 is 2.07 bits per heavy atom. The van der Waals surface area contributed by atoms with Crippen LogP contribution in [0.1, 0.15) is 25.3 Å². The molecule has 30 heavy (non-hydrogen) atoms. The third kappa shape index (κ3) is 6.25. The van der Waals surface area contributed by atoms with Crippen molar-refractivity contribution >= 4 is 28.1 Å². The van der Waals surface area contributed by atoms with Crippen LogP contribution in [0.2, 0.25) is 0 Å². The van der Waals surface area contributed by atoms with Gasteiger partial charge in [0.2, 0.25) is 0 Å². The zero-order valence-electron chi connectivity index (χ0n) is 16.9. The Labute approximate surface area is 178 Å². The molecule has 0 bridgehead atoms. The molecule has 0 saturated carbocycles. The molecule has 3 N–H and O–H groups in total. The minimum Gasteiger partial charge on any atom is -0.368 e. The molecule has 2 aromatic rings. The zero-order valence-corrected chi connectivity index (χ0v) is 17.7. The van der Waals surface area contributed by atoms with Crippen molar-refractivity contribution in [3.63, 3.8) is 0 Å². The standard InChI is InChI=1S/C20H27F3N6S/c1-2-24-19(28-15-7-12-29(13-8-15)17-6-4-14-30-17)27-11-10-26-18-16(20(21,22)23)5-3-9-25-18/h3-6,9,14-15H,2,7-8,10-13H2,1H3,(H,25,26)(H2,24,27,28). The number of pyridine rings is 1. The minimum absolute atomic E-state index is 0.167. The lowest BCUT2D eigenvalue weighted by Crippen LogP contribution is -2.48. The summed E-state index contributed by atoms with van der Waals surface area (Å²) in [5, 5.41) is 12.8. The van der Waals surface area contributed by atoms with Crippen LogP contribution in [0, 0.1) is 0 Å². The Balaban J connectivity index is 1.48. The highest BCUT2D eigenvalue weighted by Crippen LogP contribution is 2.33. The maximum absolute atomic E-state index is 13.0. The zero-order chi connectivity index (χ0) is 21.4. The van der Waals surface area contributed by atoms with Crippen molar-refractivity contribution in [3.8, 4) is 0 Å². The highest BCUT2D eigenvalue weighted by atomic mass is 32.1. The molecule has 10 heteroatoms. The number of anilines is 2. The molecule has 1 saturated heterocycles. The monoisotopic (exact) mass is 440 g/mol. The number of rotatable bonds is 7. The van der Waals surface area contributed by atoms with E-state index in [1.165, 1.54) is 17.3 Å². The largest absolute Gasteiger partial charge is 0.419 e. The number of aliphatic imine (C=N–C) groups is 1. The number of hydrogen-bond acceptors (Lipinski definition) is 5. The molecule has 0 unspecified atom stereocenters. The SMILES string of the molecule is CCNC(=NCCNc1ncccc1C(F)(F)F)NC1CCN(c2cccs2)CC1. The summed E-state index contributed by atoms with van der Waals surface area (Å²) in [6.07, 6.45) is -1.09. The van der Waals surface area contributed by atoms with Crippen molar-refractivity contribution in [2.75, 3.05) is 42.9 Å². The molecule has 1 aliphatic rings. The fourth-order valence-corrected chi connectivity index (χ4v) is 4.11. The number of nitrogens with zero attached hydrogens (tertiary/aromatic N) is 3. The van der Waals surface area contributed by atoms with Crippen LogP contribution >= 0.6 is 11.3 Å². The van der Waals surface area contributed by atoms with E-state index in [1.807, 2.05) is 6.92 Å². The maximum Gasteiger partial charge on any atom is 0.419 e. The summed E-state index contributed by atoms with van der Waals surface area (Å²) in [5.41, 5.74) is -0.767. The van der Waals surface area contributed by atoms with E-state index in [-0.39, 0.29) is 12.4 Å². The van der Waals surface area contributed by atoms with Gasteiger partial charge in [-0.1, -0.05) is 0 Å². The van der Waals surface area contributed by atoms with Crippen LogP contribution in [0.4, 0.5) is 24.0 Å². The average Bonchev–Trinajstić information content (AvgIpc) is 3.26. The number of piperidine rings is 1. The number of aromatic nitrogens is 1. The smallest absolute Gasteiger partial charge is 0.368 e. The first-order valence-corrected chi connectivity index (χ1v) is 10.9. The van der Waals surface area contributed by atoms with Gasteiger partial charge in [0.25, 0.3) is 0 Å². The van der Waals surface area contributed by atoms with Gasteiger partial charge >= 0.3 is 6.18 Å². The Kier molecular flexibility index (Phi) is 7.78. The Bertz CT molecular complexity index is 801. The van der Waals surface area contributed by atoms with Gasteiger partial charge < -0.3 is 20.9 Å². The topological polar surface area (TPSA) is 64.6 Å². The Morgan fingerprint density at radius 1 is 1.27 bits per heavy atom. The quantitative estimate of drug-likeness (QED) is 0.347. The van der Waals surface area contributed by atoms with Crippen molar-refractivity contribution in [3.05, 3.63) is 41.4 Å². The molecule has 0 radical (unpaired) electrons. The second-order valence-electron chi connectivity index (χ2n) is 6.94. The fourth-order valence-electron chi connectivity index (χ4n) is 3.32. The van der Waals surface area contributed by atoms with Gasteiger partial charge in [0.1, 0.15) is 5.82 Å². The predicted octanol–water partition coefficient (Wildman–Crippen LogP) is 3.80. The number of nitrogens with one attached hydrogen (secondary N) is 3. The molecule has 1 aliphatic heterocycles. The molecule has 0 aliphatic carbocycles. The summed E-state index contributed by atoms with van der Waals surface area (Å²) in [4.78, 5) is 10.7. The highest BCUT2D eigenvalue weighted by molar-refractivity contribution is 7.14. The molecule has 0 amide bonds. The normalized spacial score (nSPS) is 15.9. The lowest BCUT2D eigenvalue weighted by molar-refractivity contribution is -0.137. The second kappa shape index (κ2) is 10.5. The van der Waals surface area contributed by atoms with Crippen LogP contribution in [-0.4, -0.2) is 49.7 Å². The van der Waals surface area contributed by atoms with Gasteiger partial charge in [0.15, 0.2) is 5.96 Å². The third-order valence-electron chi connectivity index (χ3n) is 4.79. The first-order valence-electron chi connectivity index (χ1n) is 10.1. The van der Waals surface area contributed by atoms with Crippen molar-refractivity contribution in [2.45, 2.75) is 32.0 Å². The van der Waals surface area contributed by atoms with E-state index in [0.29, 0.717) is 25.1 Å². The van der Waals surface area contributed by atoms with Crippen molar-refractivity contribution < 1.29 is 13.2 Å². The van der Waals surface area contributed by atoms with Gasteiger partial charge in [-0.2, -0.15) is 13.2 Å². The minimum atomic E-state index is -4.44. The Morgan fingerprint density at radius 3 is 2.73 bits per heavy atom. The van der Waals surface area contributed by atoms with Crippen LogP contribution in [-0.2, 0) is 6.18 Å². The van der Waals surface area contributed by atoms with E-state index >= 15 is 0 Å². The number of hydrogen-bond donors (Lipinski definition) is 3. The number of guanidine groups is 1. The number of halogens is 3. The van der Waals surface area contributed by atoms with Gasteiger partial charge in [-0.25, -0.2) is 4.98 Å². The van der Waals surface area contributed by atoms with Crippen LogP contribution in [0.25, 0.3) is 0 Å². The highest BCUT2D eigenvalue weighted by Gasteiger charge is 2.33. The van der Waals surface area contributed by atoms with Gasteiger partial charge in [-0.15, -0.1) is 11.3 Å². The summed E-state index contributed by atoms with van der Waals surface area (Å²) >= 11 is 1.75. The van der Waals surface area contributed by atoms with Gasteiger partial charge in [0, 0.05) is 38.4 Å². The maximum atomic E-state index is 13.0. The van der Waals surface area contributed by atoms with Gasteiger partial charge in [-0.3, -0.25) is 4.99 Å². The molecule has 1 fully saturated rings. The molecule has 3 rings (SSSR count). The first-order chi connectivity index (χ1) is 14.5. The fraction of sp³-hybridized carbons (Fsp3) is 0.500. The van der Waals surface area contributed by atoms with Crippen LogP contribution in [0.15, 0.2) is 40.8 Å². The van der Waals surface area contributed by atoms with E-state index in [9.17, 15) is 13.2 Å². The summed E-state index contributed by atoms with van der Waals surface area (Å²) in [7, 11) is 0. The third-order valence-corrected chi connectivity index (χ3v) is 5.71. The van der Waals surface area contributed by atoms with Crippen LogP contribution in [0.3, 0.4) is 0 Å². The molecule has 6 nitrogen and oxygen atoms in total. The van der Waals surface area contributed by atoms with Gasteiger partial charge in [-0.05, 0) is 49.4 Å². The van der Waals surface area contributed by atoms with E-state index in [1.54, 1.807) is 11.3 Å². The molecule has 0 spiro atoms. The lowest BCUT2D eigenvalue weighted by atomic mass is 10.1. The molecule has 0 aromatic carbocycles. The van der Waals surface area contributed by atoms with E-state index in [4.69, 9.17) is 0 Å². The average molecular weight is 441 g/mol. The molecule has 0 atom stereocenters. The summed E-state index contributed by atoms with van der Waals surface area (Å²) in [6.45, 7) is 5.26. The number of alkyl halides is 3. The molecular formula is C20H27F3N6S. The van der Waals surface area contributed by atoms with E-state index in [2.05, 4.69) is 48.3 Å². The Hall–Kier alpha value is -2.49. The molecule has 3 heterocycles. The lowest BCUT2D eigenvalue weighted by Gasteiger charge is -2.33. The van der Waals surface area contributed by atoms with E-state index in [0.717, 1.165) is 32.0 Å². The second-order valence-corrected chi connectivity index (χ2v) is 7.87. The van der Waals surface area contributed by atoms with Crippen LogP contribution < -0.4 is 20.9 Å². The molecule has 164 valence electrons. The summed E-state index contributed by atoms with van der Waals surface area (Å²) < 4.78 is 39.1. The first kappa shape index (κ1) is 22.2. The summed E-state index contributed by atoms with van der Waals surface area (Å²) in [5.74, 6) is 0.519. The van der Waals surface area contributed by atoms with Gasteiger partial charge in [0.05, 0.1) is 17.1 Å². The van der Waals surface area contributed by atoms with Crippen molar-refractivity contribution in [1.82, 2.24) is 15.6 Å². The number of thiophene rings is 1. The van der Waals surface area contributed by atoms with Crippen molar-refractivity contribution in [1.29, 1.82) is 0 Å². The van der Waals surface area contributed by atoms with Crippen molar-refractivity contribution in [2.24, 2.45) is 4.99 Å². The van der Waals surface area contributed by atoms with Crippen LogP contribution in [0.5, 0.6) is 0 Å². The molecule has 2 aromatic heterocycles.